The van der Waals surface area contributed by atoms with Crippen LogP contribution in [0, 0.1) is 13.8 Å². The summed E-state index contributed by atoms with van der Waals surface area (Å²) in [4.78, 5) is 12.9. The number of carbonyl (C=O) groups is 1. The van der Waals surface area contributed by atoms with E-state index < -0.39 is 22.0 Å². The first-order chi connectivity index (χ1) is 18.6. The number of nitrogens with zero attached hydrogens (tertiary/aromatic N) is 3. The van der Waals surface area contributed by atoms with Crippen LogP contribution in [0.3, 0.4) is 0 Å². The number of ether oxygens (including phenoxy) is 1. The number of aryl methyl sites for hydroxylation is 1. The standard InChI is InChI=1S/C29H29ClN4O4S/c1-20-18-23(21(2)33(20)28-13-9-8-12-27(28)30)19-31-32-29(35)22(3)34(39(4,36)37)24-14-16-26(17-15-24)38-25-10-6-5-7-11-25/h5-19,22H,1-4H3,(H,32,35)/b31-19-/t22-/m1/s1. The van der Waals surface area contributed by atoms with E-state index in [1.165, 1.54) is 13.1 Å². The minimum absolute atomic E-state index is 0.327. The van der Waals surface area contributed by atoms with Crippen molar-refractivity contribution in [3.63, 3.8) is 0 Å². The highest BCUT2D eigenvalue weighted by Crippen LogP contribution is 2.28. The molecule has 1 amide bonds. The van der Waals surface area contributed by atoms with Crippen LogP contribution in [-0.2, 0) is 14.8 Å². The number of aromatic nitrogens is 1. The van der Waals surface area contributed by atoms with Crippen LogP contribution in [0.5, 0.6) is 11.5 Å². The van der Waals surface area contributed by atoms with Gasteiger partial charge in [0.25, 0.3) is 5.91 Å². The Balaban J connectivity index is 1.49. The molecule has 10 heteroatoms. The average Bonchev–Trinajstić information content (AvgIpc) is 3.17. The summed E-state index contributed by atoms with van der Waals surface area (Å²) < 4.78 is 34.2. The van der Waals surface area contributed by atoms with Crippen molar-refractivity contribution < 1.29 is 17.9 Å². The van der Waals surface area contributed by atoms with Crippen LogP contribution in [-0.4, -0.2) is 37.4 Å². The van der Waals surface area contributed by atoms with Crippen LogP contribution < -0.4 is 14.5 Å². The molecule has 0 radical (unpaired) electrons. The van der Waals surface area contributed by atoms with Gasteiger partial charge in [0.05, 0.1) is 28.9 Å². The summed E-state index contributed by atoms with van der Waals surface area (Å²) in [6.45, 7) is 5.39. The van der Waals surface area contributed by atoms with E-state index in [2.05, 4.69) is 10.5 Å². The molecule has 202 valence electrons. The van der Waals surface area contributed by atoms with E-state index in [0.29, 0.717) is 22.2 Å². The Morgan fingerprint density at radius 3 is 2.26 bits per heavy atom. The molecule has 0 aliphatic heterocycles. The number of hydrogen-bond acceptors (Lipinski definition) is 5. The maximum atomic E-state index is 12.9. The summed E-state index contributed by atoms with van der Waals surface area (Å²) in [5.74, 6) is 0.610. The fourth-order valence-corrected chi connectivity index (χ4v) is 5.67. The van der Waals surface area contributed by atoms with Crippen molar-refractivity contribution in [1.29, 1.82) is 0 Å². The second-order valence-electron chi connectivity index (χ2n) is 8.99. The highest BCUT2D eigenvalue weighted by molar-refractivity contribution is 7.92. The monoisotopic (exact) mass is 564 g/mol. The van der Waals surface area contributed by atoms with Crippen molar-refractivity contribution in [2.75, 3.05) is 10.6 Å². The smallest absolute Gasteiger partial charge is 0.263 e. The van der Waals surface area contributed by atoms with Gasteiger partial charge in [0, 0.05) is 17.0 Å². The summed E-state index contributed by atoms with van der Waals surface area (Å²) in [6.07, 6.45) is 2.58. The van der Waals surface area contributed by atoms with Gasteiger partial charge in [0.1, 0.15) is 17.5 Å². The topological polar surface area (TPSA) is 93.0 Å². The minimum Gasteiger partial charge on any atom is -0.457 e. The van der Waals surface area contributed by atoms with Gasteiger partial charge in [-0.05, 0) is 75.4 Å². The first-order valence-electron chi connectivity index (χ1n) is 12.2. The molecule has 0 saturated heterocycles. The third-order valence-corrected chi connectivity index (χ3v) is 7.66. The van der Waals surface area contributed by atoms with E-state index in [1.807, 2.05) is 79.1 Å². The van der Waals surface area contributed by atoms with E-state index in [4.69, 9.17) is 16.3 Å². The third-order valence-electron chi connectivity index (χ3n) is 6.10. The van der Waals surface area contributed by atoms with Crippen molar-refractivity contribution in [2.24, 2.45) is 5.10 Å². The van der Waals surface area contributed by atoms with Crippen LogP contribution >= 0.6 is 11.6 Å². The quantitative estimate of drug-likeness (QED) is 0.204. The lowest BCUT2D eigenvalue weighted by molar-refractivity contribution is -0.121. The number of halogens is 1. The molecule has 3 aromatic carbocycles. The molecule has 0 fully saturated rings. The van der Waals surface area contributed by atoms with E-state index >= 15 is 0 Å². The van der Waals surface area contributed by atoms with Gasteiger partial charge < -0.3 is 9.30 Å². The highest BCUT2D eigenvalue weighted by atomic mass is 35.5. The lowest BCUT2D eigenvalue weighted by atomic mass is 10.2. The van der Waals surface area contributed by atoms with E-state index in [1.54, 1.807) is 24.3 Å². The van der Waals surface area contributed by atoms with E-state index in [9.17, 15) is 13.2 Å². The van der Waals surface area contributed by atoms with E-state index in [-0.39, 0.29) is 0 Å². The Kier molecular flexibility index (Phi) is 8.42. The summed E-state index contributed by atoms with van der Waals surface area (Å²) in [5.41, 5.74) is 6.26. The normalized spacial score (nSPS) is 12.3. The zero-order valence-corrected chi connectivity index (χ0v) is 23.6. The molecular formula is C29H29ClN4O4S. The number of amides is 1. The second-order valence-corrected chi connectivity index (χ2v) is 11.3. The van der Waals surface area contributed by atoms with Gasteiger partial charge in [0.15, 0.2) is 0 Å². The van der Waals surface area contributed by atoms with Crippen LogP contribution in [0.2, 0.25) is 5.02 Å². The SMILES string of the molecule is Cc1cc(/C=N\NC(=O)[C@@H](C)N(c2ccc(Oc3ccccc3)cc2)S(C)(=O)=O)c(C)n1-c1ccccc1Cl. The highest BCUT2D eigenvalue weighted by Gasteiger charge is 2.29. The molecule has 0 aliphatic rings. The summed E-state index contributed by atoms with van der Waals surface area (Å²) in [7, 11) is -3.79. The van der Waals surface area contributed by atoms with Gasteiger partial charge in [-0.25, -0.2) is 13.8 Å². The second kappa shape index (κ2) is 11.8. The number of nitrogens with one attached hydrogen (secondary N) is 1. The van der Waals surface area contributed by atoms with E-state index in [0.717, 1.165) is 33.2 Å². The molecule has 4 aromatic rings. The molecule has 39 heavy (non-hydrogen) atoms. The lowest BCUT2D eigenvalue weighted by Crippen LogP contribution is -2.46. The van der Waals surface area contributed by atoms with Crippen LogP contribution in [0.25, 0.3) is 5.69 Å². The Labute approximate surface area is 233 Å². The van der Waals surface area contributed by atoms with Crippen molar-refractivity contribution >= 4 is 39.4 Å². The molecule has 1 aromatic heterocycles. The fraction of sp³-hybridized carbons (Fsp3) is 0.172. The molecule has 0 aliphatic carbocycles. The number of rotatable bonds is 9. The first-order valence-corrected chi connectivity index (χ1v) is 14.4. The fourth-order valence-electron chi connectivity index (χ4n) is 4.28. The number of carbonyl (C=O) groups excluding carboxylic acids is 1. The number of hydrazone groups is 1. The van der Waals surface area contributed by atoms with Crippen molar-refractivity contribution in [1.82, 2.24) is 9.99 Å². The molecule has 4 rings (SSSR count). The zero-order chi connectivity index (χ0) is 28.2. The summed E-state index contributed by atoms with van der Waals surface area (Å²) in [6, 6.07) is 24.1. The molecule has 0 spiro atoms. The predicted octanol–water partition coefficient (Wildman–Crippen LogP) is 5.84. The predicted molar refractivity (Wildman–Crippen MR) is 156 cm³/mol. The number of anilines is 1. The summed E-state index contributed by atoms with van der Waals surface area (Å²) >= 11 is 6.38. The number of hydrogen-bond donors (Lipinski definition) is 1. The molecule has 0 bridgehead atoms. The number of sulfonamides is 1. The molecule has 1 N–H and O–H groups in total. The Bertz CT molecular complexity index is 1600. The van der Waals surface area contributed by atoms with Gasteiger partial charge >= 0.3 is 0 Å². The Morgan fingerprint density at radius 2 is 1.62 bits per heavy atom. The number of para-hydroxylation sites is 2. The maximum Gasteiger partial charge on any atom is 0.263 e. The van der Waals surface area contributed by atoms with Crippen molar-refractivity contribution in [3.05, 3.63) is 107 Å². The third kappa shape index (κ3) is 6.50. The lowest BCUT2D eigenvalue weighted by Gasteiger charge is -2.27. The number of benzene rings is 3. The molecular weight excluding hydrogens is 536 g/mol. The average molecular weight is 565 g/mol. The van der Waals surface area contributed by atoms with Gasteiger partial charge in [0.2, 0.25) is 10.0 Å². The molecule has 8 nitrogen and oxygen atoms in total. The van der Waals surface area contributed by atoms with Gasteiger partial charge in [-0.15, -0.1) is 0 Å². The van der Waals surface area contributed by atoms with Gasteiger partial charge in [-0.1, -0.05) is 41.9 Å². The first kappa shape index (κ1) is 27.9. The molecule has 0 saturated carbocycles. The van der Waals surface area contributed by atoms with Crippen LogP contribution in [0.4, 0.5) is 5.69 Å². The molecule has 1 heterocycles. The van der Waals surface area contributed by atoms with Crippen molar-refractivity contribution in [3.8, 4) is 17.2 Å². The van der Waals surface area contributed by atoms with Gasteiger partial charge in [-0.3, -0.25) is 9.10 Å². The minimum atomic E-state index is -3.79. The maximum absolute atomic E-state index is 12.9. The Hall–Kier alpha value is -4.08. The Morgan fingerprint density at radius 1 is 1.00 bits per heavy atom. The molecule has 1 atom stereocenters. The van der Waals surface area contributed by atoms with Crippen molar-refractivity contribution in [2.45, 2.75) is 26.8 Å². The largest absolute Gasteiger partial charge is 0.457 e. The van der Waals surface area contributed by atoms with Crippen LogP contribution in [0.15, 0.2) is 90.0 Å². The summed E-state index contributed by atoms with van der Waals surface area (Å²) in [5, 5.41) is 4.72. The van der Waals surface area contributed by atoms with Crippen LogP contribution in [0.1, 0.15) is 23.9 Å². The van der Waals surface area contributed by atoms with Gasteiger partial charge in [-0.2, -0.15) is 5.10 Å². The zero-order valence-electron chi connectivity index (χ0n) is 22.0. The molecule has 0 unspecified atom stereocenters.